The summed E-state index contributed by atoms with van der Waals surface area (Å²) in [6.45, 7) is 1.79. The Kier molecular flexibility index (Phi) is 4.24. The van der Waals surface area contributed by atoms with E-state index in [9.17, 15) is 14.5 Å². The van der Waals surface area contributed by atoms with Gasteiger partial charge in [-0.25, -0.2) is 4.39 Å². The molecule has 0 fully saturated rings. The molecule has 4 aromatic rings. The lowest BCUT2D eigenvalue weighted by atomic mass is 10.1. The molecule has 0 radical (unpaired) electrons. The van der Waals surface area contributed by atoms with Gasteiger partial charge in [0.2, 0.25) is 4.96 Å². The lowest BCUT2D eigenvalue weighted by Crippen LogP contribution is -2.02. The third kappa shape index (κ3) is 3.34. The van der Waals surface area contributed by atoms with Crippen LogP contribution in [0.25, 0.3) is 15.5 Å². The third-order valence-corrected chi connectivity index (χ3v) is 4.84. The van der Waals surface area contributed by atoms with Crippen molar-refractivity contribution in [2.24, 2.45) is 0 Å². The van der Waals surface area contributed by atoms with E-state index in [0.717, 1.165) is 0 Å². The lowest BCUT2D eigenvalue weighted by Gasteiger charge is -2.03. The fraction of sp³-hybridized carbons (Fsp3) is 0.118. The van der Waals surface area contributed by atoms with Crippen LogP contribution in [0.2, 0.25) is 0 Å². The van der Waals surface area contributed by atoms with E-state index < -0.39 is 4.92 Å². The molecule has 0 saturated carbocycles. The molecule has 2 aromatic heterocycles. The molecule has 0 atom stereocenters. The van der Waals surface area contributed by atoms with Crippen LogP contribution in [-0.4, -0.2) is 24.7 Å². The fourth-order valence-corrected chi connectivity index (χ4v) is 3.34. The lowest BCUT2D eigenvalue weighted by molar-refractivity contribution is -0.385. The number of halogens is 1. The summed E-state index contributed by atoms with van der Waals surface area (Å²) in [7, 11) is 0. The fourth-order valence-electron chi connectivity index (χ4n) is 2.48. The maximum atomic E-state index is 12.9. The molecular weight excluding hydrogens is 373 g/mol. The number of nitrogens with zero attached hydrogens (tertiary/aromatic N) is 5. The number of hydrogen-bond acceptors (Lipinski definition) is 7. The first-order valence-corrected chi connectivity index (χ1v) is 8.68. The van der Waals surface area contributed by atoms with Gasteiger partial charge in [-0.1, -0.05) is 23.5 Å². The van der Waals surface area contributed by atoms with Crippen molar-refractivity contribution in [3.63, 3.8) is 0 Å². The summed E-state index contributed by atoms with van der Waals surface area (Å²) < 4.78 is 20.1. The molecule has 4 rings (SSSR count). The highest BCUT2D eigenvalue weighted by atomic mass is 32.1. The molecule has 0 N–H and O–H groups in total. The molecule has 8 nitrogen and oxygen atoms in total. The molecule has 0 bridgehead atoms. The highest BCUT2D eigenvalue weighted by molar-refractivity contribution is 7.19. The van der Waals surface area contributed by atoms with Gasteiger partial charge in [0.15, 0.2) is 5.82 Å². The number of nitro groups is 1. The number of aromatic nitrogens is 4. The zero-order valence-electron chi connectivity index (χ0n) is 14.0. The van der Waals surface area contributed by atoms with E-state index in [0.29, 0.717) is 32.7 Å². The summed E-state index contributed by atoms with van der Waals surface area (Å²) in [6.07, 6.45) is 0. The van der Waals surface area contributed by atoms with Gasteiger partial charge in [0.1, 0.15) is 23.2 Å². The zero-order chi connectivity index (χ0) is 19.0. The number of benzene rings is 2. The van der Waals surface area contributed by atoms with E-state index in [1.54, 1.807) is 19.1 Å². The number of aryl methyl sites for hydroxylation is 1. The van der Waals surface area contributed by atoms with Gasteiger partial charge < -0.3 is 4.74 Å². The molecule has 0 spiro atoms. The van der Waals surface area contributed by atoms with Crippen LogP contribution in [0.4, 0.5) is 10.1 Å². The normalized spacial score (nSPS) is 11.0. The van der Waals surface area contributed by atoms with Gasteiger partial charge in [-0.3, -0.25) is 10.1 Å². The number of fused-ring (bicyclic) bond motifs is 1. The Morgan fingerprint density at radius 1 is 1.22 bits per heavy atom. The van der Waals surface area contributed by atoms with Gasteiger partial charge in [-0.2, -0.15) is 9.61 Å². The van der Waals surface area contributed by atoms with Gasteiger partial charge >= 0.3 is 0 Å². The van der Waals surface area contributed by atoms with Gasteiger partial charge in [-0.05, 0) is 31.2 Å². The molecule has 0 saturated heterocycles. The Bertz CT molecular complexity index is 1140. The van der Waals surface area contributed by atoms with E-state index in [1.807, 2.05) is 0 Å². The predicted molar refractivity (Wildman–Crippen MR) is 96.2 cm³/mol. The topological polar surface area (TPSA) is 95.5 Å². The molecule has 0 unspecified atom stereocenters. The van der Waals surface area contributed by atoms with Gasteiger partial charge in [-0.15, -0.1) is 10.2 Å². The first-order chi connectivity index (χ1) is 13.0. The number of ether oxygens (including phenoxy) is 1. The van der Waals surface area contributed by atoms with Crippen LogP contribution in [-0.2, 0) is 6.61 Å². The van der Waals surface area contributed by atoms with Crippen molar-refractivity contribution in [3.05, 3.63) is 69.8 Å². The largest absolute Gasteiger partial charge is 0.486 e. The minimum Gasteiger partial charge on any atom is -0.486 e. The third-order valence-electron chi connectivity index (χ3n) is 3.89. The highest BCUT2D eigenvalue weighted by Gasteiger charge is 2.17. The van der Waals surface area contributed by atoms with Crippen LogP contribution in [0, 0.1) is 22.9 Å². The number of hydrogen-bond donors (Lipinski definition) is 0. The zero-order valence-corrected chi connectivity index (χ0v) is 14.8. The van der Waals surface area contributed by atoms with Gasteiger partial charge in [0.05, 0.1) is 4.92 Å². The molecule has 2 heterocycles. The van der Waals surface area contributed by atoms with Crippen LogP contribution in [0.5, 0.6) is 5.75 Å². The Labute approximate surface area is 156 Å². The van der Waals surface area contributed by atoms with Crippen molar-refractivity contribution >= 4 is 22.0 Å². The summed E-state index contributed by atoms with van der Waals surface area (Å²) in [4.78, 5) is 11.3. The molecular formula is C17H12FN5O3S. The Balaban J connectivity index is 1.61. The Morgan fingerprint density at radius 2 is 2.00 bits per heavy atom. The minimum absolute atomic E-state index is 0.0401. The average Bonchev–Trinajstić information content (AvgIpc) is 3.22. The molecule has 136 valence electrons. The van der Waals surface area contributed by atoms with Crippen molar-refractivity contribution in [2.45, 2.75) is 13.5 Å². The van der Waals surface area contributed by atoms with Gasteiger partial charge in [0.25, 0.3) is 5.69 Å². The van der Waals surface area contributed by atoms with Crippen molar-refractivity contribution < 1.29 is 14.1 Å². The summed E-state index contributed by atoms with van der Waals surface area (Å²) >= 11 is 1.27. The first-order valence-electron chi connectivity index (χ1n) is 7.86. The molecule has 0 aliphatic heterocycles. The van der Waals surface area contributed by atoms with E-state index >= 15 is 0 Å². The maximum Gasteiger partial charge on any atom is 0.273 e. The summed E-state index contributed by atoms with van der Waals surface area (Å²) in [5.41, 5.74) is 1.26. The quantitative estimate of drug-likeness (QED) is 0.383. The second-order valence-corrected chi connectivity index (χ2v) is 6.67. The van der Waals surface area contributed by atoms with E-state index in [1.165, 1.54) is 46.2 Å². The van der Waals surface area contributed by atoms with E-state index in [4.69, 9.17) is 4.74 Å². The number of rotatable bonds is 5. The second kappa shape index (κ2) is 6.72. The summed E-state index contributed by atoms with van der Waals surface area (Å²) in [6, 6.07) is 10.6. The van der Waals surface area contributed by atoms with Crippen LogP contribution in [0.15, 0.2) is 42.5 Å². The highest BCUT2D eigenvalue weighted by Crippen LogP contribution is 2.30. The summed E-state index contributed by atoms with van der Waals surface area (Å²) in [5.74, 6) is 0.625. The monoisotopic (exact) mass is 385 g/mol. The summed E-state index contributed by atoms with van der Waals surface area (Å²) in [5, 5.41) is 24.3. The molecule has 2 aromatic carbocycles. The maximum absolute atomic E-state index is 12.9. The minimum atomic E-state index is -0.416. The predicted octanol–water partition coefficient (Wildman–Crippen LogP) is 3.79. The molecule has 10 heteroatoms. The van der Waals surface area contributed by atoms with Crippen LogP contribution < -0.4 is 4.74 Å². The van der Waals surface area contributed by atoms with Crippen LogP contribution in [0.1, 0.15) is 11.4 Å². The van der Waals surface area contributed by atoms with Gasteiger partial charge in [0, 0.05) is 17.2 Å². The van der Waals surface area contributed by atoms with Crippen molar-refractivity contribution in [1.82, 2.24) is 19.8 Å². The first kappa shape index (κ1) is 17.0. The van der Waals surface area contributed by atoms with E-state index in [2.05, 4.69) is 15.3 Å². The van der Waals surface area contributed by atoms with Crippen molar-refractivity contribution in [1.29, 1.82) is 0 Å². The van der Waals surface area contributed by atoms with Crippen molar-refractivity contribution in [2.75, 3.05) is 0 Å². The smallest absolute Gasteiger partial charge is 0.273 e. The van der Waals surface area contributed by atoms with E-state index in [-0.39, 0.29) is 18.1 Å². The van der Waals surface area contributed by atoms with Crippen LogP contribution >= 0.6 is 11.3 Å². The second-order valence-electron chi connectivity index (χ2n) is 5.72. The number of nitro benzene ring substituents is 1. The average molecular weight is 385 g/mol. The molecule has 27 heavy (non-hydrogen) atoms. The molecule has 0 aliphatic carbocycles. The molecule has 0 aliphatic rings. The van der Waals surface area contributed by atoms with Crippen molar-refractivity contribution in [3.8, 4) is 16.3 Å². The van der Waals surface area contributed by atoms with Crippen LogP contribution in [0.3, 0.4) is 0 Å². The Hall–Kier alpha value is -3.40. The Morgan fingerprint density at radius 3 is 2.74 bits per heavy atom. The molecule has 0 amide bonds. The standard InChI is InChI=1S/C17H12FN5O3S/c1-10-2-3-11(8-14(10)23(24)25)16-21-22-15(19-20-17(22)27-16)9-26-13-6-4-12(18)5-7-13/h2-8H,9H2,1H3. The SMILES string of the molecule is Cc1ccc(-c2nn3c(COc4ccc(F)cc4)nnc3s2)cc1[N+](=O)[O-].